The number of carbonyl (C=O) groups is 1. The van der Waals surface area contributed by atoms with Gasteiger partial charge in [0.1, 0.15) is 17.4 Å². The predicted octanol–water partition coefficient (Wildman–Crippen LogP) is 2.30. The number of hydrogen-bond acceptors (Lipinski definition) is 4. The predicted molar refractivity (Wildman–Crippen MR) is 75.5 cm³/mol. The van der Waals surface area contributed by atoms with Crippen LogP contribution in [-0.2, 0) is 11.3 Å². The summed E-state index contributed by atoms with van der Waals surface area (Å²) >= 11 is 0. The van der Waals surface area contributed by atoms with Crippen LogP contribution in [0, 0.1) is 11.3 Å². The molecular formula is C15H20N2O3. The lowest BCUT2D eigenvalue weighted by molar-refractivity contribution is -0.145. The number of benzene rings is 1. The van der Waals surface area contributed by atoms with Crippen LogP contribution >= 0.6 is 0 Å². The van der Waals surface area contributed by atoms with E-state index in [0.29, 0.717) is 30.7 Å². The summed E-state index contributed by atoms with van der Waals surface area (Å²) in [5.74, 6) is -0.330. The minimum absolute atomic E-state index is 0.395. The Balaban J connectivity index is 2.89. The molecule has 5 heteroatoms. The number of hydrogen-bond donors (Lipinski definition) is 2. The molecule has 0 heterocycles. The third-order valence-electron chi connectivity index (χ3n) is 3.63. The molecule has 0 spiro atoms. The number of carboxylic acid groups (broad SMARTS) is 1. The molecule has 0 saturated carbocycles. The van der Waals surface area contributed by atoms with E-state index in [1.807, 2.05) is 19.9 Å². The number of nitrogens with one attached hydrogen (secondary N) is 1. The molecule has 5 nitrogen and oxygen atoms in total. The number of nitrogens with zero attached hydrogens (tertiary/aromatic N) is 1. The Morgan fingerprint density at radius 1 is 1.45 bits per heavy atom. The molecule has 0 unspecified atom stereocenters. The van der Waals surface area contributed by atoms with Crippen molar-refractivity contribution in [2.45, 2.75) is 38.8 Å². The first-order valence-electron chi connectivity index (χ1n) is 6.58. The Bertz CT molecular complexity index is 516. The number of rotatable bonds is 7. The van der Waals surface area contributed by atoms with E-state index >= 15 is 0 Å². The molecular weight excluding hydrogens is 256 g/mol. The summed E-state index contributed by atoms with van der Waals surface area (Å²) in [6.45, 7) is 4.09. The molecule has 0 aliphatic heterocycles. The summed E-state index contributed by atoms with van der Waals surface area (Å²) in [4.78, 5) is 11.4. The third-order valence-corrected chi connectivity index (χ3v) is 3.63. The maximum atomic E-state index is 11.4. The number of nitriles is 1. The zero-order chi connectivity index (χ0) is 15.2. The molecule has 0 atom stereocenters. The minimum Gasteiger partial charge on any atom is -0.495 e. The third kappa shape index (κ3) is 3.28. The van der Waals surface area contributed by atoms with Gasteiger partial charge in [0.05, 0.1) is 12.7 Å². The SMILES string of the molecule is CCC(CC)(NCc1ccc(OC)c(C#N)c1)C(=O)O. The van der Waals surface area contributed by atoms with Gasteiger partial charge in [0.25, 0.3) is 0 Å². The molecule has 0 aliphatic rings. The topological polar surface area (TPSA) is 82.3 Å². The van der Waals surface area contributed by atoms with Crippen LogP contribution in [0.25, 0.3) is 0 Å². The van der Waals surface area contributed by atoms with E-state index in [9.17, 15) is 9.90 Å². The van der Waals surface area contributed by atoms with Gasteiger partial charge in [-0.2, -0.15) is 5.26 Å². The maximum absolute atomic E-state index is 11.4. The smallest absolute Gasteiger partial charge is 0.323 e. The Hall–Kier alpha value is -2.06. The molecule has 0 bridgehead atoms. The summed E-state index contributed by atoms with van der Waals surface area (Å²) in [5.41, 5.74) is 0.378. The average Bonchev–Trinajstić information content (AvgIpc) is 2.48. The highest BCUT2D eigenvalue weighted by Gasteiger charge is 2.33. The molecule has 0 saturated heterocycles. The van der Waals surface area contributed by atoms with E-state index in [1.165, 1.54) is 7.11 Å². The fourth-order valence-corrected chi connectivity index (χ4v) is 2.10. The maximum Gasteiger partial charge on any atom is 0.323 e. The molecule has 0 radical (unpaired) electrons. The van der Waals surface area contributed by atoms with Crippen molar-refractivity contribution in [2.24, 2.45) is 0 Å². The number of methoxy groups -OCH3 is 1. The quantitative estimate of drug-likeness (QED) is 0.798. The standard InChI is InChI=1S/C15H20N2O3/c1-4-15(5-2,14(18)19)17-10-11-6-7-13(20-3)12(8-11)9-16/h6-8,17H,4-5,10H2,1-3H3,(H,18,19). The summed E-state index contributed by atoms with van der Waals surface area (Å²) in [6, 6.07) is 7.32. The van der Waals surface area contributed by atoms with Crippen LogP contribution in [0.4, 0.5) is 0 Å². The first kappa shape index (κ1) is 16.0. The Morgan fingerprint density at radius 3 is 2.55 bits per heavy atom. The zero-order valence-corrected chi connectivity index (χ0v) is 12.1. The fourth-order valence-electron chi connectivity index (χ4n) is 2.10. The van der Waals surface area contributed by atoms with Crippen molar-refractivity contribution in [2.75, 3.05) is 7.11 Å². The number of ether oxygens (including phenoxy) is 1. The van der Waals surface area contributed by atoms with Crippen LogP contribution in [0.1, 0.15) is 37.8 Å². The second-order valence-corrected chi connectivity index (χ2v) is 4.59. The minimum atomic E-state index is -0.924. The number of aliphatic carboxylic acids is 1. The van der Waals surface area contributed by atoms with E-state index in [0.717, 1.165) is 5.56 Å². The van der Waals surface area contributed by atoms with Gasteiger partial charge in [-0.25, -0.2) is 0 Å². The van der Waals surface area contributed by atoms with Gasteiger partial charge in [0, 0.05) is 6.54 Å². The lowest BCUT2D eigenvalue weighted by Crippen LogP contribution is -2.50. The number of carboxylic acids is 1. The normalized spacial score (nSPS) is 10.9. The average molecular weight is 276 g/mol. The van der Waals surface area contributed by atoms with Crippen molar-refractivity contribution < 1.29 is 14.6 Å². The summed E-state index contributed by atoms with van der Waals surface area (Å²) < 4.78 is 5.08. The van der Waals surface area contributed by atoms with Crippen molar-refractivity contribution in [3.05, 3.63) is 29.3 Å². The fraction of sp³-hybridized carbons (Fsp3) is 0.467. The largest absolute Gasteiger partial charge is 0.495 e. The van der Waals surface area contributed by atoms with Gasteiger partial charge in [-0.1, -0.05) is 19.9 Å². The molecule has 0 fully saturated rings. The van der Waals surface area contributed by atoms with Crippen molar-refractivity contribution in [1.82, 2.24) is 5.32 Å². The molecule has 0 amide bonds. The van der Waals surface area contributed by atoms with Gasteiger partial charge >= 0.3 is 5.97 Å². The first-order valence-corrected chi connectivity index (χ1v) is 6.58. The van der Waals surface area contributed by atoms with E-state index in [1.54, 1.807) is 12.1 Å². The highest BCUT2D eigenvalue weighted by atomic mass is 16.5. The lowest BCUT2D eigenvalue weighted by Gasteiger charge is -2.28. The van der Waals surface area contributed by atoms with Crippen LogP contribution in [0.15, 0.2) is 18.2 Å². The van der Waals surface area contributed by atoms with Crippen molar-refractivity contribution in [3.8, 4) is 11.8 Å². The van der Waals surface area contributed by atoms with Crippen LogP contribution in [-0.4, -0.2) is 23.7 Å². The summed E-state index contributed by atoms with van der Waals surface area (Å²) in [5, 5.41) is 21.5. The van der Waals surface area contributed by atoms with Crippen molar-refractivity contribution >= 4 is 5.97 Å². The highest BCUT2D eigenvalue weighted by Crippen LogP contribution is 2.20. The van der Waals surface area contributed by atoms with E-state index in [2.05, 4.69) is 11.4 Å². The molecule has 2 N–H and O–H groups in total. The summed E-state index contributed by atoms with van der Waals surface area (Å²) in [6.07, 6.45) is 1.00. The zero-order valence-electron chi connectivity index (χ0n) is 12.1. The molecule has 1 aromatic carbocycles. The monoisotopic (exact) mass is 276 g/mol. The molecule has 0 aliphatic carbocycles. The van der Waals surface area contributed by atoms with Crippen molar-refractivity contribution in [1.29, 1.82) is 5.26 Å². The Kier molecular flexibility index (Phi) is 5.53. The first-order chi connectivity index (χ1) is 9.52. The van der Waals surface area contributed by atoms with Gasteiger partial charge in [0.15, 0.2) is 0 Å². The molecule has 0 aromatic heterocycles. The van der Waals surface area contributed by atoms with Crippen molar-refractivity contribution in [3.63, 3.8) is 0 Å². The van der Waals surface area contributed by atoms with E-state index < -0.39 is 11.5 Å². The Labute approximate surface area is 119 Å². The van der Waals surface area contributed by atoms with Gasteiger partial charge in [0.2, 0.25) is 0 Å². The van der Waals surface area contributed by atoms with Gasteiger partial charge < -0.3 is 9.84 Å². The second kappa shape index (κ2) is 6.92. The van der Waals surface area contributed by atoms with Gasteiger partial charge in [-0.15, -0.1) is 0 Å². The highest BCUT2D eigenvalue weighted by molar-refractivity contribution is 5.78. The van der Waals surface area contributed by atoms with E-state index in [4.69, 9.17) is 10.00 Å². The van der Waals surface area contributed by atoms with Gasteiger partial charge in [-0.3, -0.25) is 10.1 Å². The second-order valence-electron chi connectivity index (χ2n) is 4.59. The van der Waals surface area contributed by atoms with E-state index in [-0.39, 0.29) is 0 Å². The van der Waals surface area contributed by atoms with Crippen LogP contribution < -0.4 is 10.1 Å². The van der Waals surface area contributed by atoms with Crippen LogP contribution in [0.3, 0.4) is 0 Å². The van der Waals surface area contributed by atoms with Gasteiger partial charge in [-0.05, 0) is 30.5 Å². The molecule has 20 heavy (non-hydrogen) atoms. The van der Waals surface area contributed by atoms with Crippen LogP contribution in [0.2, 0.25) is 0 Å². The van der Waals surface area contributed by atoms with Crippen LogP contribution in [0.5, 0.6) is 5.75 Å². The molecule has 1 aromatic rings. The summed E-state index contributed by atoms with van der Waals surface area (Å²) in [7, 11) is 1.51. The molecule has 108 valence electrons. The lowest BCUT2D eigenvalue weighted by atomic mass is 9.92. The Morgan fingerprint density at radius 2 is 2.10 bits per heavy atom. The molecule has 1 rings (SSSR count).